The van der Waals surface area contributed by atoms with E-state index in [1.165, 1.54) is 12.1 Å². The van der Waals surface area contributed by atoms with Crippen LogP contribution in [-0.2, 0) is 4.79 Å². The molecule has 1 amide bonds. The molecular weight excluding hydrogens is 273 g/mol. The summed E-state index contributed by atoms with van der Waals surface area (Å²) in [5.41, 5.74) is 5.99. The first kappa shape index (κ1) is 15.3. The number of anilines is 1. The molecule has 0 heterocycles. The average Bonchev–Trinajstić information content (AvgIpc) is 2.79. The van der Waals surface area contributed by atoms with Gasteiger partial charge in [-0.15, -0.1) is 0 Å². The molecule has 1 aromatic carbocycles. The molecule has 114 valence electrons. The summed E-state index contributed by atoms with van der Waals surface area (Å²) >= 11 is 0. The van der Waals surface area contributed by atoms with Crippen LogP contribution in [0, 0.1) is 17.2 Å². The van der Waals surface area contributed by atoms with E-state index >= 15 is 0 Å². The van der Waals surface area contributed by atoms with Crippen LogP contribution < -0.4 is 11.1 Å². The van der Waals surface area contributed by atoms with Crippen molar-refractivity contribution in [2.24, 2.45) is 22.2 Å². The summed E-state index contributed by atoms with van der Waals surface area (Å²) in [4.78, 5) is 12.4. The van der Waals surface area contributed by atoms with E-state index in [0.717, 1.165) is 25.3 Å². The highest BCUT2D eigenvalue weighted by Crippen LogP contribution is 2.43. The smallest absolute Gasteiger partial charge is 0.228 e. The molecule has 1 aliphatic rings. The first-order valence-corrected chi connectivity index (χ1v) is 6.93. The summed E-state index contributed by atoms with van der Waals surface area (Å²) in [6.07, 6.45) is 2.85. The molecule has 4 N–H and O–H groups in total. The van der Waals surface area contributed by atoms with Gasteiger partial charge in [0.1, 0.15) is 5.82 Å². The Morgan fingerprint density at radius 3 is 2.81 bits per heavy atom. The maximum absolute atomic E-state index is 13.3. The van der Waals surface area contributed by atoms with Gasteiger partial charge in [0, 0.05) is 11.5 Å². The van der Waals surface area contributed by atoms with Crippen molar-refractivity contribution in [2.45, 2.75) is 33.1 Å². The number of benzene rings is 1. The maximum atomic E-state index is 13.3. The number of nitrogens with one attached hydrogen (secondary N) is 1. The lowest BCUT2D eigenvalue weighted by Crippen LogP contribution is -2.31. The maximum Gasteiger partial charge on any atom is 0.228 e. The van der Waals surface area contributed by atoms with E-state index in [-0.39, 0.29) is 28.6 Å². The summed E-state index contributed by atoms with van der Waals surface area (Å²) in [5, 5.41) is 14.4. The molecule has 1 atom stereocenters. The zero-order valence-electron chi connectivity index (χ0n) is 12.2. The SMILES string of the molecule is CC1(C)CCCC1C(=O)Nc1ccc(F)cc1/C(N)=N/O. The third-order valence-electron chi connectivity index (χ3n) is 4.20. The standard InChI is InChI=1S/C15H20FN3O2/c1-15(2)7-3-4-11(15)14(20)18-12-6-5-9(16)8-10(12)13(17)19-21/h5-6,8,11,21H,3-4,7H2,1-2H3,(H2,17,19)(H,18,20). The van der Waals surface area contributed by atoms with Gasteiger partial charge in [0.05, 0.1) is 5.69 Å². The van der Waals surface area contributed by atoms with Gasteiger partial charge in [-0.25, -0.2) is 4.39 Å². The van der Waals surface area contributed by atoms with Crippen molar-refractivity contribution in [2.75, 3.05) is 5.32 Å². The number of nitrogens with zero attached hydrogens (tertiary/aromatic N) is 1. The third kappa shape index (κ3) is 3.15. The highest BCUT2D eigenvalue weighted by atomic mass is 19.1. The molecule has 1 saturated carbocycles. The minimum absolute atomic E-state index is 0.0547. The summed E-state index contributed by atoms with van der Waals surface area (Å²) < 4.78 is 13.3. The minimum Gasteiger partial charge on any atom is -0.409 e. The zero-order chi connectivity index (χ0) is 15.6. The molecule has 0 aromatic heterocycles. The van der Waals surface area contributed by atoms with E-state index in [9.17, 15) is 9.18 Å². The summed E-state index contributed by atoms with van der Waals surface area (Å²) in [6, 6.07) is 3.77. The Labute approximate surface area is 123 Å². The normalized spacial score (nSPS) is 21.3. The number of rotatable bonds is 3. The number of amides is 1. The average molecular weight is 293 g/mol. The highest BCUT2D eigenvalue weighted by molar-refractivity contribution is 6.05. The number of carbonyl (C=O) groups excluding carboxylic acids is 1. The van der Waals surface area contributed by atoms with Gasteiger partial charge in [0.15, 0.2) is 5.84 Å². The van der Waals surface area contributed by atoms with E-state index < -0.39 is 5.82 Å². The lowest BCUT2D eigenvalue weighted by atomic mass is 9.81. The second-order valence-electron chi connectivity index (χ2n) is 6.10. The predicted molar refractivity (Wildman–Crippen MR) is 78.7 cm³/mol. The molecule has 5 nitrogen and oxygen atoms in total. The topological polar surface area (TPSA) is 87.7 Å². The molecule has 2 rings (SSSR count). The fourth-order valence-corrected chi connectivity index (χ4v) is 2.92. The molecule has 1 aliphatic carbocycles. The van der Waals surface area contributed by atoms with Crippen LogP contribution in [0.3, 0.4) is 0 Å². The number of hydrogen-bond donors (Lipinski definition) is 3. The highest BCUT2D eigenvalue weighted by Gasteiger charge is 2.39. The van der Waals surface area contributed by atoms with Gasteiger partial charge in [-0.3, -0.25) is 4.79 Å². The van der Waals surface area contributed by atoms with Crippen LogP contribution in [0.1, 0.15) is 38.7 Å². The Morgan fingerprint density at radius 1 is 1.52 bits per heavy atom. The Balaban J connectivity index is 2.26. The number of oxime groups is 1. The largest absolute Gasteiger partial charge is 0.409 e. The molecule has 0 saturated heterocycles. The summed E-state index contributed by atoms with van der Waals surface area (Å²) in [7, 11) is 0. The van der Waals surface area contributed by atoms with Crippen molar-refractivity contribution in [1.29, 1.82) is 0 Å². The Morgan fingerprint density at radius 2 is 2.24 bits per heavy atom. The first-order valence-electron chi connectivity index (χ1n) is 6.93. The van der Waals surface area contributed by atoms with E-state index in [4.69, 9.17) is 10.9 Å². The molecule has 0 aliphatic heterocycles. The van der Waals surface area contributed by atoms with Gasteiger partial charge in [-0.2, -0.15) is 0 Å². The fraction of sp³-hybridized carbons (Fsp3) is 0.467. The molecule has 1 unspecified atom stereocenters. The van der Waals surface area contributed by atoms with Crippen molar-refractivity contribution in [1.82, 2.24) is 0 Å². The predicted octanol–water partition coefficient (Wildman–Crippen LogP) is 2.68. The van der Waals surface area contributed by atoms with Crippen LogP contribution in [0.15, 0.2) is 23.4 Å². The van der Waals surface area contributed by atoms with Gasteiger partial charge in [0.2, 0.25) is 5.91 Å². The van der Waals surface area contributed by atoms with Crippen LogP contribution in [0.4, 0.5) is 10.1 Å². The minimum atomic E-state index is -0.518. The van der Waals surface area contributed by atoms with Crippen LogP contribution in [-0.4, -0.2) is 17.0 Å². The van der Waals surface area contributed by atoms with Crippen molar-refractivity contribution in [3.63, 3.8) is 0 Å². The van der Waals surface area contributed by atoms with Crippen molar-refractivity contribution >= 4 is 17.4 Å². The van der Waals surface area contributed by atoms with Gasteiger partial charge in [-0.1, -0.05) is 25.4 Å². The zero-order valence-corrected chi connectivity index (χ0v) is 12.2. The molecular formula is C15H20FN3O2. The first-order chi connectivity index (χ1) is 9.85. The number of halogens is 1. The lowest BCUT2D eigenvalue weighted by molar-refractivity contribution is -0.122. The molecule has 0 radical (unpaired) electrons. The molecule has 1 aromatic rings. The summed E-state index contributed by atoms with van der Waals surface area (Å²) in [5.74, 6) is -0.968. The Kier molecular flexibility index (Phi) is 4.16. The van der Waals surface area contributed by atoms with Gasteiger partial charge in [0.25, 0.3) is 0 Å². The summed E-state index contributed by atoms with van der Waals surface area (Å²) in [6.45, 7) is 4.14. The Hall–Kier alpha value is -2.11. The lowest BCUT2D eigenvalue weighted by Gasteiger charge is -2.26. The Bertz CT molecular complexity index is 584. The van der Waals surface area contributed by atoms with Gasteiger partial charge in [-0.05, 0) is 36.5 Å². The molecule has 6 heteroatoms. The van der Waals surface area contributed by atoms with Crippen molar-refractivity contribution in [3.05, 3.63) is 29.6 Å². The molecule has 0 spiro atoms. The fourth-order valence-electron chi connectivity index (χ4n) is 2.92. The molecule has 21 heavy (non-hydrogen) atoms. The van der Waals surface area contributed by atoms with E-state index in [1.54, 1.807) is 0 Å². The second kappa shape index (κ2) is 5.71. The van der Waals surface area contributed by atoms with Crippen molar-refractivity contribution < 1.29 is 14.4 Å². The number of carbonyl (C=O) groups is 1. The van der Waals surface area contributed by atoms with Crippen LogP contribution >= 0.6 is 0 Å². The third-order valence-corrected chi connectivity index (χ3v) is 4.20. The van der Waals surface area contributed by atoms with E-state index in [2.05, 4.69) is 24.3 Å². The molecule has 1 fully saturated rings. The molecule has 0 bridgehead atoms. The quantitative estimate of drug-likeness (QED) is 0.346. The number of amidine groups is 1. The van der Waals surface area contributed by atoms with Crippen LogP contribution in [0.2, 0.25) is 0 Å². The van der Waals surface area contributed by atoms with Crippen LogP contribution in [0.25, 0.3) is 0 Å². The number of nitrogens with two attached hydrogens (primary N) is 1. The van der Waals surface area contributed by atoms with Gasteiger partial charge < -0.3 is 16.3 Å². The van der Waals surface area contributed by atoms with E-state index in [1.807, 2.05) is 0 Å². The van der Waals surface area contributed by atoms with Crippen LogP contribution in [0.5, 0.6) is 0 Å². The second-order valence-corrected chi connectivity index (χ2v) is 6.10. The van der Waals surface area contributed by atoms with E-state index in [0.29, 0.717) is 5.69 Å². The monoisotopic (exact) mass is 293 g/mol. The van der Waals surface area contributed by atoms with Gasteiger partial charge >= 0.3 is 0 Å². The van der Waals surface area contributed by atoms with Crippen molar-refractivity contribution in [3.8, 4) is 0 Å². The number of hydrogen-bond acceptors (Lipinski definition) is 3.